The zero-order valence-electron chi connectivity index (χ0n) is 20.1. The lowest BCUT2D eigenvalue weighted by Gasteiger charge is -2.27. The van der Waals surface area contributed by atoms with Gasteiger partial charge in [0.15, 0.2) is 11.5 Å². The second kappa shape index (κ2) is 9.85. The van der Waals surface area contributed by atoms with Crippen molar-refractivity contribution in [2.75, 3.05) is 21.3 Å². The van der Waals surface area contributed by atoms with Crippen molar-refractivity contribution >= 4 is 0 Å². The Kier molecular flexibility index (Phi) is 6.69. The standard InChI is InChI=1S/C27H27N3O5/c1-16-13-23-25(24(20(15-28)26(29)35-23)18-6-8-19(32-2)9-7-18)27(31)30(16)12-11-17-5-10-21(33-3)22(14-17)34-4/h5-10,13-14,24H,11-12,29H2,1-4H3. The number of nitriles is 1. The Morgan fingerprint density at radius 2 is 1.74 bits per heavy atom. The first-order valence-electron chi connectivity index (χ1n) is 11.1. The van der Waals surface area contributed by atoms with E-state index in [4.69, 9.17) is 24.7 Å². The number of nitrogens with two attached hydrogens (primary N) is 1. The van der Waals surface area contributed by atoms with Gasteiger partial charge in [0.25, 0.3) is 5.56 Å². The molecule has 0 fully saturated rings. The summed E-state index contributed by atoms with van der Waals surface area (Å²) in [4.78, 5) is 13.8. The fraction of sp³-hybridized carbons (Fsp3) is 0.259. The third-order valence-corrected chi connectivity index (χ3v) is 6.21. The summed E-state index contributed by atoms with van der Waals surface area (Å²) in [6.45, 7) is 2.28. The molecule has 2 aromatic carbocycles. The molecule has 1 aromatic heterocycles. The van der Waals surface area contributed by atoms with E-state index >= 15 is 0 Å². The van der Waals surface area contributed by atoms with Crippen molar-refractivity contribution in [1.82, 2.24) is 4.57 Å². The molecule has 0 bridgehead atoms. The fourth-order valence-electron chi connectivity index (χ4n) is 4.37. The topological polar surface area (TPSA) is 109 Å². The lowest BCUT2D eigenvalue weighted by molar-refractivity contribution is 0.354. The second-order valence-electron chi connectivity index (χ2n) is 8.16. The van der Waals surface area contributed by atoms with Gasteiger partial charge in [-0.3, -0.25) is 4.79 Å². The zero-order chi connectivity index (χ0) is 25.1. The van der Waals surface area contributed by atoms with Crippen molar-refractivity contribution in [3.8, 4) is 29.1 Å². The minimum Gasteiger partial charge on any atom is -0.497 e. The molecular weight excluding hydrogens is 446 g/mol. The highest BCUT2D eigenvalue weighted by Gasteiger charge is 2.34. The summed E-state index contributed by atoms with van der Waals surface area (Å²) in [5.41, 5.74) is 8.94. The highest BCUT2D eigenvalue weighted by Crippen LogP contribution is 2.40. The van der Waals surface area contributed by atoms with E-state index in [1.807, 2.05) is 37.3 Å². The van der Waals surface area contributed by atoms with Crippen LogP contribution in [0.15, 0.2) is 64.8 Å². The molecule has 2 heterocycles. The minimum absolute atomic E-state index is 0.00250. The van der Waals surface area contributed by atoms with E-state index in [0.29, 0.717) is 41.5 Å². The smallest absolute Gasteiger partial charge is 0.258 e. The van der Waals surface area contributed by atoms with Gasteiger partial charge in [-0.1, -0.05) is 18.2 Å². The molecular formula is C27H27N3O5. The average Bonchev–Trinajstić information content (AvgIpc) is 2.87. The first-order chi connectivity index (χ1) is 16.9. The summed E-state index contributed by atoms with van der Waals surface area (Å²) in [7, 11) is 4.76. The van der Waals surface area contributed by atoms with Crippen molar-refractivity contribution in [1.29, 1.82) is 5.26 Å². The number of pyridine rings is 1. The molecule has 1 atom stereocenters. The van der Waals surface area contributed by atoms with Crippen LogP contribution >= 0.6 is 0 Å². The molecule has 2 N–H and O–H groups in total. The van der Waals surface area contributed by atoms with Crippen LogP contribution in [0.1, 0.15) is 28.3 Å². The van der Waals surface area contributed by atoms with E-state index in [1.54, 1.807) is 44.1 Å². The van der Waals surface area contributed by atoms with Crippen LogP contribution in [0.4, 0.5) is 0 Å². The number of methoxy groups -OCH3 is 3. The number of allylic oxidation sites excluding steroid dienone is 1. The molecule has 0 aliphatic carbocycles. The molecule has 4 rings (SSSR count). The molecule has 1 aliphatic rings. The summed E-state index contributed by atoms with van der Waals surface area (Å²) in [5, 5.41) is 9.85. The van der Waals surface area contributed by atoms with Crippen LogP contribution in [0.2, 0.25) is 0 Å². The molecule has 1 aliphatic heterocycles. The number of ether oxygens (including phenoxy) is 4. The van der Waals surface area contributed by atoms with E-state index < -0.39 is 5.92 Å². The predicted octanol–water partition coefficient (Wildman–Crippen LogP) is 3.64. The number of hydrogen-bond acceptors (Lipinski definition) is 7. The monoisotopic (exact) mass is 473 g/mol. The van der Waals surface area contributed by atoms with E-state index in [1.165, 1.54) is 0 Å². The van der Waals surface area contributed by atoms with Gasteiger partial charge in [-0.2, -0.15) is 5.26 Å². The summed E-state index contributed by atoms with van der Waals surface area (Å²) in [6.07, 6.45) is 0.594. The van der Waals surface area contributed by atoms with Gasteiger partial charge in [0.1, 0.15) is 23.1 Å². The SMILES string of the molecule is COc1ccc(C2C(C#N)=C(N)Oc3cc(C)n(CCc4ccc(OC)c(OC)c4)c(=O)c32)cc1. The van der Waals surface area contributed by atoms with Crippen LogP contribution in [0.3, 0.4) is 0 Å². The van der Waals surface area contributed by atoms with Crippen LogP contribution in [0.25, 0.3) is 0 Å². The maximum Gasteiger partial charge on any atom is 0.258 e. The van der Waals surface area contributed by atoms with Gasteiger partial charge in [-0.25, -0.2) is 0 Å². The third-order valence-electron chi connectivity index (χ3n) is 6.21. The van der Waals surface area contributed by atoms with Gasteiger partial charge in [-0.05, 0) is 48.7 Å². The second-order valence-corrected chi connectivity index (χ2v) is 8.16. The van der Waals surface area contributed by atoms with E-state index in [0.717, 1.165) is 16.8 Å². The first kappa shape index (κ1) is 23.8. The van der Waals surface area contributed by atoms with Crippen molar-refractivity contribution in [3.63, 3.8) is 0 Å². The molecule has 180 valence electrons. The van der Waals surface area contributed by atoms with Crippen LogP contribution in [0.5, 0.6) is 23.0 Å². The van der Waals surface area contributed by atoms with Crippen LogP contribution < -0.4 is 30.2 Å². The van der Waals surface area contributed by atoms with Crippen molar-refractivity contribution in [2.24, 2.45) is 5.73 Å². The molecule has 3 aromatic rings. The number of benzene rings is 2. The van der Waals surface area contributed by atoms with Crippen molar-refractivity contribution < 1.29 is 18.9 Å². The molecule has 0 radical (unpaired) electrons. The fourth-order valence-corrected chi connectivity index (χ4v) is 4.37. The number of aryl methyl sites for hydroxylation is 2. The Labute approximate surface area is 203 Å². The number of fused-ring (bicyclic) bond motifs is 1. The molecule has 1 unspecified atom stereocenters. The number of rotatable bonds is 7. The number of nitrogens with zero attached hydrogens (tertiary/aromatic N) is 2. The van der Waals surface area contributed by atoms with E-state index in [-0.39, 0.29) is 17.0 Å². The van der Waals surface area contributed by atoms with Crippen molar-refractivity contribution in [2.45, 2.75) is 25.8 Å². The third kappa shape index (κ3) is 4.41. The summed E-state index contributed by atoms with van der Waals surface area (Å²) < 4.78 is 23.4. The summed E-state index contributed by atoms with van der Waals surface area (Å²) >= 11 is 0. The van der Waals surface area contributed by atoms with Crippen LogP contribution in [-0.4, -0.2) is 25.9 Å². The molecule has 0 saturated heterocycles. The van der Waals surface area contributed by atoms with Gasteiger partial charge in [0.05, 0.1) is 32.8 Å². The lowest BCUT2D eigenvalue weighted by Crippen LogP contribution is -2.33. The maximum atomic E-state index is 13.8. The molecule has 35 heavy (non-hydrogen) atoms. The van der Waals surface area contributed by atoms with Gasteiger partial charge in [0, 0.05) is 18.3 Å². The molecule has 0 saturated carbocycles. The maximum absolute atomic E-state index is 13.8. The Morgan fingerprint density at radius 3 is 2.37 bits per heavy atom. The van der Waals surface area contributed by atoms with Crippen molar-refractivity contribution in [3.05, 3.63) is 92.7 Å². The van der Waals surface area contributed by atoms with Gasteiger partial charge < -0.3 is 29.2 Å². The quantitative estimate of drug-likeness (QED) is 0.558. The van der Waals surface area contributed by atoms with E-state index in [2.05, 4.69) is 6.07 Å². The molecule has 0 amide bonds. The first-order valence-corrected chi connectivity index (χ1v) is 11.1. The Hall–Kier alpha value is -4.38. The highest BCUT2D eigenvalue weighted by molar-refractivity contribution is 5.55. The highest BCUT2D eigenvalue weighted by atomic mass is 16.5. The average molecular weight is 474 g/mol. The van der Waals surface area contributed by atoms with Crippen LogP contribution in [-0.2, 0) is 13.0 Å². The lowest BCUT2D eigenvalue weighted by atomic mass is 9.84. The number of aromatic nitrogens is 1. The molecule has 8 heteroatoms. The largest absolute Gasteiger partial charge is 0.497 e. The molecule has 8 nitrogen and oxygen atoms in total. The number of hydrogen-bond donors (Lipinski definition) is 1. The van der Waals surface area contributed by atoms with Gasteiger partial charge in [0.2, 0.25) is 5.88 Å². The summed E-state index contributed by atoms with van der Waals surface area (Å²) in [6, 6.07) is 16.9. The Balaban J connectivity index is 1.76. The Morgan fingerprint density at radius 1 is 1.03 bits per heavy atom. The summed E-state index contributed by atoms with van der Waals surface area (Å²) in [5.74, 6) is 1.68. The van der Waals surface area contributed by atoms with Gasteiger partial charge >= 0.3 is 0 Å². The normalized spacial score (nSPS) is 14.5. The Bertz CT molecular complexity index is 1380. The van der Waals surface area contributed by atoms with Crippen LogP contribution in [0, 0.1) is 18.3 Å². The van der Waals surface area contributed by atoms with E-state index in [9.17, 15) is 10.1 Å². The zero-order valence-corrected chi connectivity index (χ0v) is 20.1. The van der Waals surface area contributed by atoms with Gasteiger partial charge in [-0.15, -0.1) is 0 Å². The predicted molar refractivity (Wildman–Crippen MR) is 131 cm³/mol. The minimum atomic E-state index is -0.643. The molecule has 0 spiro atoms.